The molecule has 1 heterocycles. The van der Waals surface area contributed by atoms with Gasteiger partial charge in [0, 0.05) is 31.1 Å². The summed E-state index contributed by atoms with van der Waals surface area (Å²) in [5, 5.41) is 2.42. The van der Waals surface area contributed by atoms with E-state index in [0.29, 0.717) is 13.1 Å². The van der Waals surface area contributed by atoms with Crippen molar-refractivity contribution in [1.82, 2.24) is 10.2 Å². The van der Waals surface area contributed by atoms with Crippen LogP contribution in [0.4, 0.5) is 18.0 Å². The Hall–Kier alpha value is -1.37. The molecule has 116 valence electrons. The summed E-state index contributed by atoms with van der Waals surface area (Å²) in [6.45, 7) is 0.729. The van der Waals surface area contributed by atoms with Crippen LogP contribution in [0.25, 0.3) is 0 Å². The summed E-state index contributed by atoms with van der Waals surface area (Å²) in [4.78, 5) is 13.5. The molecule has 0 aliphatic carbocycles. The summed E-state index contributed by atoms with van der Waals surface area (Å²) < 4.78 is 39.4. The van der Waals surface area contributed by atoms with Gasteiger partial charge >= 0.3 is 12.2 Å². The van der Waals surface area contributed by atoms with E-state index in [2.05, 4.69) is 5.32 Å². The second-order valence-electron chi connectivity index (χ2n) is 4.79. The summed E-state index contributed by atoms with van der Waals surface area (Å²) in [6.07, 6.45) is -4.38. The SMILES string of the molecule is O=C(NCC(c1ccccc1)C(F)(F)F)N1CCSCC1. The Labute approximate surface area is 125 Å². The van der Waals surface area contributed by atoms with E-state index in [4.69, 9.17) is 0 Å². The fraction of sp³-hybridized carbons (Fsp3) is 0.500. The number of hydrogen-bond donors (Lipinski definition) is 1. The van der Waals surface area contributed by atoms with Gasteiger partial charge in [-0.2, -0.15) is 24.9 Å². The van der Waals surface area contributed by atoms with Crippen molar-refractivity contribution in [3.05, 3.63) is 35.9 Å². The lowest BCUT2D eigenvalue weighted by atomic mass is 9.98. The third-order valence-electron chi connectivity index (χ3n) is 3.35. The molecule has 0 spiro atoms. The average Bonchev–Trinajstić information content (AvgIpc) is 2.48. The van der Waals surface area contributed by atoms with Gasteiger partial charge in [0.2, 0.25) is 0 Å². The molecule has 21 heavy (non-hydrogen) atoms. The number of halogens is 3. The highest BCUT2D eigenvalue weighted by atomic mass is 32.2. The maximum Gasteiger partial charge on any atom is 0.397 e. The summed E-state index contributed by atoms with van der Waals surface area (Å²) in [5.74, 6) is -0.0225. The molecule has 1 aliphatic heterocycles. The molecule has 1 aromatic rings. The molecular formula is C14H17F3N2OS. The molecule has 1 aliphatic rings. The van der Waals surface area contributed by atoms with Crippen LogP contribution in [0.15, 0.2) is 30.3 Å². The molecule has 0 aromatic heterocycles. The zero-order chi connectivity index (χ0) is 15.3. The Morgan fingerprint density at radius 3 is 2.43 bits per heavy atom. The molecule has 1 fully saturated rings. The fourth-order valence-electron chi connectivity index (χ4n) is 2.18. The summed E-state index contributed by atoms with van der Waals surface area (Å²) in [7, 11) is 0. The van der Waals surface area contributed by atoms with E-state index in [1.54, 1.807) is 34.9 Å². The van der Waals surface area contributed by atoms with Crippen LogP contribution in [0.1, 0.15) is 11.5 Å². The van der Waals surface area contributed by atoms with E-state index in [9.17, 15) is 18.0 Å². The first-order valence-electron chi connectivity index (χ1n) is 6.70. The second kappa shape index (κ2) is 7.06. The first-order valence-corrected chi connectivity index (χ1v) is 7.86. The third kappa shape index (κ3) is 4.56. The molecule has 1 aromatic carbocycles. The topological polar surface area (TPSA) is 32.3 Å². The van der Waals surface area contributed by atoms with Gasteiger partial charge in [-0.1, -0.05) is 30.3 Å². The van der Waals surface area contributed by atoms with Crippen molar-refractivity contribution in [1.29, 1.82) is 0 Å². The first-order chi connectivity index (χ1) is 9.98. The molecule has 2 amide bonds. The van der Waals surface area contributed by atoms with E-state index >= 15 is 0 Å². The van der Waals surface area contributed by atoms with Crippen molar-refractivity contribution in [2.75, 3.05) is 31.1 Å². The van der Waals surface area contributed by atoms with Crippen LogP contribution in [0, 0.1) is 0 Å². The first kappa shape index (κ1) is 16.0. The number of carbonyl (C=O) groups is 1. The molecule has 0 saturated carbocycles. The Morgan fingerprint density at radius 2 is 1.86 bits per heavy atom. The van der Waals surface area contributed by atoms with Crippen LogP contribution < -0.4 is 5.32 Å². The van der Waals surface area contributed by atoms with E-state index in [1.807, 2.05) is 0 Å². The maximum absolute atomic E-state index is 13.1. The predicted molar refractivity (Wildman–Crippen MR) is 77.5 cm³/mol. The number of thioether (sulfide) groups is 1. The van der Waals surface area contributed by atoms with Gasteiger partial charge in [-0.3, -0.25) is 0 Å². The van der Waals surface area contributed by atoms with E-state index in [-0.39, 0.29) is 5.56 Å². The highest BCUT2D eigenvalue weighted by Gasteiger charge is 2.40. The molecule has 1 atom stereocenters. The second-order valence-corrected chi connectivity index (χ2v) is 6.02. The van der Waals surface area contributed by atoms with E-state index < -0.39 is 24.7 Å². The lowest BCUT2D eigenvalue weighted by Crippen LogP contribution is -2.46. The molecule has 0 radical (unpaired) electrons. The number of nitrogens with one attached hydrogen (secondary N) is 1. The third-order valence-corrected chi connectivity index (χ3v) is 4.30. The van der Waals surface area contributed by atoms with Crippen molar-refractivity contribution in [3.63, 3.8) is 0 Å². The van der Waals surface area contributed by atoms with Gasteiger partial charge in [0.25, 0.3) is 0 Å². The molecular weight excluding hydrogens is 301 g/mol. The summed E-state index contributed by atoms with van der Waals surface area (Å²) >= 11 is 1.74. The largest absolute Gasteiger partial charge is 0.397 e. The Morgan fingerprint density at radius 1 is 1.24 bits per heavy atom. The Balaban J connectivity index is 1.98. The van der Waals surface area contributed by atoms with Crippen LogP contribution in [0.2, 0.25) is 0 Å². The molecule has 1 unspecified atom stereocenters. The van der Waals surface area contributed by atoms with Crippen LogP contribution in [-0.2, 0) is 0 Å². The lowest BCUT2D eigenvalue weighted by molar-refractivity contribution is -0.149. The average molecular weight is 318 g/mol. The van der Waals surface area contributed by atoms with Gasteiger partial charge < -0.3 is 10.2 Å². The normalized spacial score (nSPS) is 17.4. The van der Waals surface area contributed by atoms with Crippen molar-refractivity contribution >= 4 is 17.8 Å². The zero-order valence-corrected chi connectivity index (χ0v) is 12.2. The van der Waals surface area contributed by atoms with Gasteiger partial charge in [0.15, 0.2) is 0 Å². The quantitative estimate of drug-likeness (QED) is 0.929. The number of hydrogen-bond acceptors (Lipinski definition) is 2. The van der Waals surface area contributed by atoms with E-state index in [0.717, 1.165) is 11.5 Å². The van der Waals surface area contributed by atoms with Crippen molar-refractivity contribution in [2.45, 2.75) is 12.1 Å². The summed E-state index contributed by atoms with van der Waals surface area (Å²) in [6, 6.07) is 7.25. The summed E-state index contributed by atoms with van der Waals surface area (Å²) in [5.41, 5.74) is 0.166. The predicted octanol–water partition coefficient (Wildman–Crippen LogP) is 3.09. The molecule has 0 bridgehead atoms. The standard InChI is InChI=1S/C14H17F3N2OS/c15-14(16,17)12(11-4-2-1-3-5-11)10-18-13(20)19-6-8-21-9-7-19/h1-5,12H,6-10H2,(H,18,20). The zero-order valence-electron chi connectivity index (χ0n) is 11.4. The lowest BCUT2D eigenvalue weighted by Gasteiger charge is -2.28. The molecule has 1 saturated heterocycles. The smallest absolute Gasteiger partial charge is 0.337 e. The van der Waals surface area contributed by atoms with Gasteiger partial charge in [-0.05, 0) is 5.56 Å². The number of carbonyl (C=O) groups excluding carboxylic acids is 1. The van der Waals surface area contributed by atoms with Crippen LogP contribution in [0.5, 0.6) is 0 Å². The van der Waals surface area contributed by atoms with Crippen molar-refractivity contribution in [3.8, 4) is 0 Å². The molecule has 3 nitrogen and oxygen atoms in total. The van der Waals surface area contributed by atoms with Crippen LogP contribution in [-0.4, -0.2) is 48.2 Å². The number of rotatable bonds is 3. The van der Waals surface area contributed by atoms with Gasteiger partial charge in [0.1, 0.15) is 0 Å². The van der Waals surface area contributed by atoms with Crippen molar-refractivity contribution in [2.24, 2.45) is 0 Å². The fourth-order valence-corrected chi connectivity index (χ4v) is 3.08. The highest BCUT2D eigenvalue weighted by Crippen LogP contribution is 2.34. The Bertz CT molecular complexity index is 461. The van der Waals surface area contributed by atoms with E-state index in [1.165, 1.54) is 12.1 Å². The monoisotopic (exact) mass is 318 g/mol. The van der Waals surface area contributed by atoms with Crippen LogP contribution in [0.3, 0.4) is 0 Å². The van der Waals surface area contributed by atoms with Gasteiger partial charge in [-0.15, -0.1) is 0 Å². The van der Waals surface area contributed by atoms with Gasteiger partial charge in [0.05, 0.1) is 5.92 Å². The number of nitrogens with zero attached hydrogens (tertiary/aromatic N) is 1. The number of urea groups is 1. The van der Waals surface area contributed by atoms with Crippen LogP contribution >= 0.6 is 11.8 Å². The number of amides is 2. The number of alkyl halides is 3. The minimum atomic E-state index is -4.38. The van der Waals surface area contributed by atoms with Crippen molar-refractivity contribution < 1.29 is 18.0 Å². The van der Waals surface area contributed by atoms with Gasteiger partial charge in [-0.25, -0.2) is 4.79 Å². The molecule has 1 N–H and O–H groups in total. The minimum absolute atomic E-state index is 0.166. The molecule has 7 heteroatoms. The highest BCUT2D eigenvalue weighted by molar-refractivity contribution is 7.99. The Kier molecular flexibility index (Phi) is 5.39. The minimum Gasteiger partial charge on any atom is -0.337 e. The molecule has 2 rings (SSSR count). The number of benzene rings is 1. The maximum atomic E-state index is 13.1.